The van der Waals surface area contributed by atoms with E-state index < -0.39 is 6.04 Å². The van der Waals surface area contributed by atoms with Crippen LogP contribution in [0, 0.1) is 0 Å². The van der Waals surface area contributed by atoms with E-state index >= 15 is 0 Å². The van der Waals surface area contributed by atoms with Crippen molar-refractivity contribution in [1.82, 2.24) is 10.3 Å². The average Bonchev–Trinajstić information content (AvgIpc) is 3.12. The van der Waals surface area contributed by atoms with Crippen LogP contribution in [0.3, 0.4) is 0 Å². The minimum Gasteiger partial charge on any atom is -0.493 e. The molecule has 1 amide bonds. The van der Waals surface area contributed by atoms with Gasteiger partial charge in [-0.1, -0.05) is 36.4 Å². The lowest BCUT2D eigenvalue weighted by atomic mass is 10.1. The fourth-order valence-corrected chi connectivity index (χ4v) is 4.06. The molecule has 6 nitrogen and oxygen atoms in total. The Morgan fingerprint density at radius 3 is 2.83 bits per heavy atom. The summed E-state index contributed by atoms with van der Waals surface area (Å²) in [6, 6.07) is 16.7. The Kier molecular flexibility index (Phi) is 6.11. The van der Waals surface area contributed by atoms with E-state index in [9.17, 15) is 9.90 Å². The number of amides is 1. The van der Waals surface area contributed by atoms with Gasteiger partial charge in [-0.25, -0.2) is 0 Å². The van der Waals surface area contributed by atoms with Crippen molar-refractivity contribution in [3.8, 4) is 5.75 Å². The van der Waals surface area contributed by atoms with E-state index in [2.05, 4.69) is 15.3 Å². The molecule has 0 radical (unpaired) electrons. The zero-order chi connectivity index (χ0) is 20.9. The molecule has 3 aromatic rings. The Hall–Kier alpha value is -3.16. The molecule has 0 bridgehead atoms. The van der Waals surface area contributed by atoms with Gasteiger partial charge in [0, 0.05) is 11.6 Å². The van der Waals surface area contributed by atoms with Gasteiger partial charge in [-0.2, -0.15) is 0 Å². The first-order chi connectivity index (χ1) is 14.7. The number of pyridine rings is 1. The first-order valence-electron chi connectivity index (χ1n) is 9.64. The van der Waals surface area contributed by atoms with Gasteiger partial charge in [-0.05, 0) is 54.1 Å². The number of rotatable bonds is 6. The van der Waals surface area contributed by atoms with Gasteiger partial charge in [0.25, 0.3) is 5.91 Å². The van der Waals surface area contributed by atoms with Crippen LogP contribution in [-0.4, -0.2) is 34.4 Å². The molecular formula is C23H21N3O3S. The fourth-order valence-electron chi connectivity index (χ4n) is 3.19. The number of carbonyl (C=O) groups is 1. The SMILES string of the molecule is CCOc1ccnc2ccc(/C=C3\SC(=NC(CO)c4ccccc4)NC3=O)cc12. The standard InChI is InChI=1S/C23H21N3O3S/c1-2-29-20-10-11-24-18-9-8-15(12-17(18)20)13-21-22(28)26-23(30-21)25-19(14-27)16-6-4-3-5-7-16/h3-13,19,27H,2,14H2,1H3,(H,25,26,28)/b21-13-. The summed E-state index contributed by atoms with van der Waals surface area (Å²) in [7, 11) is 0. The van der Waals surface area contributed by atoms with E-state index in [4.69, 9.17) is 4.74 Å². The van der Waals surface area contributed by atoms with E-state index in [1.54, 1.807) is 6.20 Å². The average molecular weight is 420 g/mol. The molecule has 152 valence electrons. The summed E-state index contributed by atoms with van der Waals surface area (Å²) < 4.78 is 5.69. The van der Waals surface area contributed by atoms with Gasteiger partial charge in [-0.15, -0.1) is 0 Å². The highest BCUT2D eigenvalue weighted by atomic mass is 32.2. The molecule has 2 N–H and O–H groups in total. The molecule has 2 heterocycles. The summed E-state index contributed by atoms with van der Waals surface area (Å²) in [5.41, 5.74) is 2.60. The van der Waals surface area contributed by atoms with Crippen LogP contribution >= 0.6 is 11.8 Å². The number of aliphatic imine (C=N–C) groups is 1. The number of amidine groups is 1. The Labute approximate surface area is 178 Å². The van der Waals surface area contributed by atoms with Gasteiger partial charge in [0.15, 0.2) is 5.17 Å². The predicted molar refractivity (Wildman–Crippen MR) is 120 cm³/mol. The summed E-state index contributed by atoms with van der Waals surface area (Å²) in [5.74, 6) is 0.557. The number of aliphatic hydroxyl groups is 1. The van der Waals surface area contributed by atoms with Crippen LogP contribution in [0.2, 0.25) is 0 Å². The second-order valence-corrected chi connectivity index (χ2v) is 7.66. The lowest BCUT2D eigenvalue weighted by Crippen LogP contribution is -2.21. The number of ether oxygens (including phenoxy) is 1. The van der Waals surface area contributed by atoms with Gasteiger partial charge in [-0.3, -0.25) is 14.8 Å². The molecule has 0 aliphatic carbocycles. The van der Waals surface area contributed by atoms with Gasteiger partial charge in [0.05, 0.1) is 23.6 Å². The molecule has 1 saturated heterocycles. The van der Waals surface area contributed by atoms with Gasteiger partial charge >= 0.3 is 0 Å². The number of nitrogens with one attached hydrogen (secondary N) is 1. The van der Waals surface area contributed by atoms with E-state index in [0.29, 0.717) is 16.7 Å². The van der Waals surface area contributed by atoms with Crippen LogP contribution in [0.25, 0.3) is 17.0 Å². The number of nitrogens with zero attached hydrogens (tertiary/aromatic N) is 2. The molecule has 7 heteroatoms. The van der Waals surface area contributed by atoms with Crippen molar-refractivity contribution in [3.05, 3.63) is 76.8 Å². The van der Waals surface area contributed by atoms with E-state index in [1.807, 2.05) is 67.6 Å². The molecule has 0 spiro atoms. The molecule has 4 rings (SSSR count). The van der Waals surface area contributed by atoms with Crippen molar-refractivity contribution >= 4 is 39.8 Å². The number of thioether (sulfide) groups is 1. The number of fused-ring (bicyclic) bond motifs is 1. The topological polar surface area (TPSA) is 83.8 Å². The third kappa shape index (κ3) is 4.37. The molecule has 1 unspecified atom stereocenters. The normalized spacial score (nSPS) is 17.5. The number of benzene rings is 2. The summed E-state index contributed by atoms with van der Waals surface area (Å²) in [6.07, 6.45) is 3.54. The second kappa shape index (κ2) is 9.11. The van der Waals surface area contributed by atoms with E-state index in [0.717, 1.165) is 27.8 Å². The Morgan fingerprint density at radius 2 is 2.07 bits per heavy atom. The number of carbonyl (C=O) groups excluding carboxylic acids is 1. The molecule has 1 atom stereocenters. The highest BCUT2D eigenvalue weighted by Crippen LogP contribution is 2.30. The molecule has 1 aromatic heterocycles. The Morgan fingerprint density at radius 1 is 1.23 bits per heavy atom. The van der Waals surface area contributed by atoms with Gasteiger partial charge in [0.2, 0.25) is 0 Å². The maximum Gasteiger partial charge on any atom is 0.264 e. The first-order valence-corrected chi connectivity index (χ1v) is 10.5. The van der Waals surface area contributed by atoms with Crippen molar-refractivity contribution in [2.24, 2.45) is 4.99 Å². The van der Waals surface area contributed by atoms with Crippen LogP contribution in [-0.2, 0) is 4.79 Å². The summed E-state index contributed by atoms with van der Waals surface area (Å²) in [5, 5.41) is 13.9. The van der Waals surface area contributed by atoms with Crippen LogP contribution in [0.1, 0.15) is 24.1 Å². The highest BCUT2D eigenvalue weighted by molar-refractivity contribution is 8.18. The van der Waals surface area contributed by atoms with Crippen molar-refractivity contribution in [1.29, 1.82) is 0 Å². The van der Waals surface area contributed by atoms with Crippen molar-refractivity contribution in [3.63, 3.8) is 0 Å². The smallest absolute Gasteiger partial charge is 0.264 e. The minimum atomic E-state index is -0.422. The zero-order valence-corrected chi connectivity index (χ0v) is 17.2. The number of aromatic nitrogens is 1. The number of hydrogen-bond acceptors (Lipinski definition) is 6. The predicted octanol–water partition coefficient (Wildman–Crippen LogP) is 3.93. The third-order valence-corrected chi connectivity index (χ3v) is 5.53. The molecule has 1 fully saturated rings. The maximum atomic E-state index is 12.4. The summed E-state index contributed by atoms with van der Waals surface area (Å²) >= 11 is 1.26. The number of aliphatic hydroxyl groups excluding tert-OH is 1. The second-order valence-electron chi connectivity index (χ2n) is 6.63. The zero-order valence-electron chi connectivity index (χ0n) is 16.4. The van der Waals surface area contributed by atoms with Crippen LogP contribution < -0.4 is 10.1 Å². The van der Waals surface area contributed by atoms with E-state index in [1.165, 1.54) is 11.8 Å². The summed E-state index contributed by atoms with van der Waals surface area (Å²) in [4.78, 5) is 21.9. The Bertz CT molecular complexity index is 1130. The largest absolute Gasteiger partial charge is 0.493 e. The molecule has 1 aliphatic rings. The number of hydrogen-bond donors (Lipinski definition) is 2. The van der Waals surface area contributed by atoms with Crippen molar-refractivity contribution in [2.75, 3.05) is 13.2 Å². The van der Waals surface area contributed by atoms with Crippen molar-refractivity contribution < 1.29 is 14.6 Å². The lowest BCUT2D eigenvalue weighted by Gasteiger charge is -2.10. The quantitative estimate of drug-likeness (QED) is 0.592. The third-order valence-electron chi connectivity index (χ3n) is 4.60. The van der Waals surface area contributed by atoms with Crippen LogP contribution in [0.15, 0.2) is 70.7 Å². The lowest BCUT2D eigenvalue weighted by molar-refractivity contribution is -0.115. The van der Waals surface area contributed by atoms with Gasteiger partial charge < -0.3 is 15.2 Å². The maximum absolute atomic E-state index is 12.4. The monoisotopic (exact) mass is 419 g/mol. The Balaban J connectivity index is 1.60. The first kappa shape index (κ1) is 20.1. The van der Waals surface area contributed by atoms with Crippen LogP contribution in [0.4, 0.5) is 0 Å². The molecular weight excluding hydrogens is 398 g/mol. The van der Waals surface area contributed by atoms with Gasteiger partial charge in [0.1, 0.15) is 11.8 Å². The minimum absolute atomic E-state index is 0.138. The fraction of sp³-hybridized carbons (Fsp3) is 0.174. The molecule has 1 aliphatic heterocycles. The molecule has 0 saturated carbocycles. The summed E-state index contributed by atoms with van der Waals surface area (Å²) in [6.45, 7) is 2.37. The van der Waals surface area contributed by atoms with Crippen molar-refractivity contribution in [2.45, 2.75) is 13.0 Å². The highest BCUT2D eigenvalue weighted by Gasteiger charge is 2.25. The molecule has 30 heavy (non-hydrogen) atoms. The van der Waals surface area contributed by atoms with E-state index in [-0.39, 0.29) is 12.5 Å². The molecule has 2 aromatic carbocycles. The van der Waals surface area contributed by atoms with Crippen LogP contribution in [0.5, 0.6) is 5.75 Å².